The normalized spacial score (nSPS) is 15.8. The van der Waals surface area contributed by atoms with Crippen molar-refractivity contribution >= 4 is 17.8 Å². The molecule has 7 heteroatoms. The Labute approximate surface area is 104 Å². The van der Waals surface area contributed by atoms with Crippen molar-refractivity contribution in [2.24, 2.45) is 0 Å². The van der Waals surface area contributed by atoms with Crippen LogP contribution in [0.25, 0.3) is 0 Å². The van der Waals surface area contributed by atoms with Crippen molar-refractivity contribution in [1.82, 2.24) is 14.9 Å². The number of anilines is 1. The molecule has 0 unspecified atom stereocenters. The lowest BCUT2D eigenvalue weighted by molar-refractivity contribution is -0.129. The second-order valence-electron chi connectivity index (χ2n) is 4.00. The van der Waals surface area contributed by atoms with E-state index in [0.717, 1.165) is 0 Å². The fourth-order valence-corrected chi connectivity index (χ4v) is 1.64. The van der Waals surface area contributed by atoms with Gasteiger partial charge in [-0.05, 0) is 0 Å². The molecule has 0 radical (unpaired) electrons. The monoisotopic (exact) mass is 250 g/mol. The van der Waals surface area contributed by atoms with Gasteiger partial charge in [-0.15, -0.1) is 0 Å². The summed E-state index contributed by atoms with van der Waals surface area (Å²) in [6.07, 6.45) is 2.80. The highest BCUT2D eigenvalue weighted by molar-refractivity contribution is 5.88. The Hall–Kier alpha value is -2.18. The number of methoxy groups -OCH3 is 1. The van der Waals surface area contributed by atoms with Crippen LogP contribution in [0.4, 0.5) is 5.95 Å². The minimum Gasteiger partial charge on any atom is -0.465 e. The first-order chi connectivity index (χ1) is 8.61. The number of esters is 1. The summed E-state index contributed by atoms with van der Waals surface area (Å²) in [5.74, 6) is 0.00185. The van der Waals surface area contributed by atoms with Crippen molar-refractivity contribution in [3.8, 4) is 0 Å². The van der Waals surface area contributed by atoms with E-state index in [1.807, 2.05) is 0 Å². The zero-order chi connectivity index (χ0) is 13.1. The molecule has 1 aromatic heterocycles. The molecule has 0 N–H and O–H groups in total. The van der Waals surface area contributed by atoms with Gasteiger partial charge in [0.2, 0.25) is 11.9 Å². The maximum atomic E-state index is 11.6. The molecule has 1 aliphatic heterocycles. The van der Waals surface area contributed by atoms with Crippen LogP contribution < -0.4 is 4.90 Å². The molecule has 0 bridgehead atoms. The molecule has 0 aromatic carbocycles. The molecule has 0 aliphatic carbocycles. The van der Waals surface area contributed by atoms with Crippen LogP contribution in [0.1, 0.15) is 10.4 Å². The van der Waals surface area contributed by atoms with Gasteiger partial charge in [0.15, 0.2) is 0 Å². The maximum absolute atomic E-state index is 11.6. The van der Waals surface area contributed by atoms with E-state index in [1.165, 1.54) is 19.5 Å². The molecule has 18 heavy (non-hydrogen) atoms. The molecule has 7 nitrogen and oxygen atoms in total. The molecular weight excluding hydrogens is 236 g/mol. The summed E-state index contributed by atoms with van der Waals surface area (Å²) in [6, 6.07) is 0. The molecule has 0 atom stereocenters. The third-order valence-electron chi connectivity index (χ3n) is 2.80. The summed E-state index contributed by atoms with van der Waals surface area (Å²) in [6.45, 7) is 1.58. The number of piperazine rings is 1. The SMILES string of the molecule is COC(=O)c1cnc(N2CCN(C)C(=O)C2)nc1. The third kappa shape index (κ3) is 2.39. The van der Waals surface area contributed by atoms with E-state index >= 15 is 0 Å². The Morgan fingerprint density at radius 1 is 1.33 bits per heavy atom. The number of aromatic nitrogens is 2. The van der Waals surface area contributed by atoms with Gasteiger partial charge in [0, 0.05) is 32.5 Å². The lowest BCUT2D eigenvalue weighted by Gasteiger charge is -2.31. The van der Waals surface area contributed by atoms with Crippen molar-refractivity contribution in [3.05, 3.63) is 18.0 Å². The van der Waals surface area contributed by atoms with Crippen molar-refractivity contribution in [1.29, 1.82) is 0 Å². The molecule has 2 heterocycles. The molecule has 0 spiro atoms. The Balaban J connectivity index is 2.10. The number of rotatable bonds is 2. The second kappa shape index (κ2) is 4.99. The van der Waals surface area contributed by atoms with Gasteiger partial charge < -0.3 is 14.5 Å². The summed E-state index contributed by atoms with van der Waals surface area (Å²) < 4.78 is 4.56. The van der Waals surface area contributed by atoms with Crippen LogP contribution in [0.3, 0.4) is 0 Å². The minimum absolute atomic E-state index is 0.0295. The summed E-state index contributed by atoms with van der Waals surface area (Å²) >= 11 is 0. The smallest absolute Gasteiger partial charge is 0.341 e. The Bertz CT molecular complexity index is 460. The topological polar surface area (TPSA) is 75.6 Å². The average molecular weight is 250 g/mol. The van der Waals surface area contributed by atoms with Crippen LogP contribution in [0.15, 0.2) is 12.4 Å². The largest absolute Gasteiger partial charge is 0.465 e. The van der Waals surface area contributed by atoms with E-state index in [9.17, 15) is 9.59 Å². The summed E-state index contributed by atoms with van der Waals surface area (Å²) in [5, 5.41) is 0. The van der Waals surface area contributed by atoms with Gasteiger partial charge in [-0.3, -0.25) is 4.79 Å². The van der Waals surface area contributed by atoms with E-state index in [-0.39, 0.29) is 12.5 Å². The van der Waals surface area contributed by atoms with Crippen molar-refractivity contribution in [2.45, 2.75) is 0 Å². The van der Waals surface area contributed by atoms with Crippen LogP contribution in [-0.4, -0.2) is 60.5 Å². The molecule has 1 amide bonds. The van der Waals surface area contributed by atoms with Crippen LogP contribution in [-0.2, 0) is 9.53 Å². The molecule has 1 fully saturated rings. The Kier molecular flexibility index (Phi) is 3.40. The number of nitrogens with zero attached hydrogens (tertiary/aromatic N) is 4. The molecule has 1 aliphatic rings. The lowest BCUT2D eigenvalue weighted by Crippen LogP contribution is -2.49. The van der Waals surface area contributed by atoms with Gasteiger partial charge in [0.05, 0.1) is 19.2 Å². The van der Waals surface area contributed by atoms with Crippen LogP contribution >= 0.6 is 0 Å². The number of likely N-dealkylation sites (N-methyl/N-ethyl adjacent to an activating group) is 1. The lowest BCUT2D eigenvalue weighted by atomic mass is 10.3. The molecule has 1 aromatic rings. The van der Waals surface area contributed by atoms with E-state index in [0.29, 0.717) is 24.6 Å². The molecular formula is C11H14N4O3. The highest BCUT2D eigenvalue weighted by Crippen LogP contribution is 2.11. The fourth-order valence-electron chi connectivity index (χ4n) is 1.64. The number of hydrogen-bond donors (Lipinski definition) is 0. The van der Waals surface area contributed by atoms with E-state index in [1.54, 1.807) is 16.8 Å². The zero-order valence-corrected chi connectivity index (χ0v) is 10.3. The van der Waals surface area contributed by atoms with E-state index in [4.69, 9.17) is 0 Å². The van der Waals surface area contributed by atoms with Crippen molar-refractivity contribution in [3.63, 3.8) is 0 Å². The van der Waals surface area contributed by atoms with Gasteiger partial charge >= 0.3 is 5.97 Å². The average Bonchev–Trinajstić information content (AvgIpc) is 2.41. The standard InChI is InChI=1S/C11H14N4O3/c1-14-3-4-15(7-9(14)16)11-12-5-8(6-13-11)10(17)18-2/h5-6H,3-4,7H2,1-2H3. The molecule has 1 saturated heterocycles. The van der Waals surface area contributed by atoms with Crippen molar-refractivity contribution in [2.75, 3.05) is 38.7 Å². The first-order valence-corrected chi connectivity index (χ1v) is 5.51. The van der Waals surface area contributed by atoms with Gasteiger partial charge in [-0.2, -0.15) is 0 Å². The van der Waals surface area contributed by atoms with Crippen LogP contribution in [0, 0.1) is 0 Å². The van der Waals surface area contributed by atoms with Gasteiger partial charge in [0.25, 0.3) is 0 Å². The Morgan fingerprint density at radius 2 is 2.00 bits per heavy atom. The fraction of sp³-hybridized carbons (Fsp3) is 0.455. The van der Waals surface area contributed by atoms with Crippen LogP contribution in [0.2, 0.25) is 0 Å². The molecule has 96 valence electrons. The third-order valence-corrected chi connectivity index (χ3v) is 2.80. The van der Waals surface area contributed by atoms with E-state index < -0.39 is 5.97 Å². The number of amides is 1. The quantitative estimate of drug-likeness (QED) is 0.661. The predicted molar refractivity (Wildman–Crippen MR) is 63.2 cm³/mol. The van der Waals surface area contributed by atoms with Crippen LogP contribution in [0.5, 0.6) is 0 Å². The number of ether oxygens (including phenoxy) is 1. The zero-order valence-electron chi connectivity index (χ0n) is 10.3. The summed E-state index contributed by atoms with van der Waals surface area (Å²) in [4.78, 5) is 34.4. The number of hydrogen-bond acceptors (Lipinski definition) is 6. The molecule has 0 saturated carbocycles. The van der Waals surface area contributed by atoms with Gasteiger partial charge in [-0.1, -0.05) is 0 Å². The predicted octanol–water partition coefficient (Wildman–Crippen LogP) is -0.458. The summed E-state index contributed by atoms with van der Waals surface area (Å²) in [7, 11) is 3.07. The second-order valence-corrected chi connectivity index (χ2v) is 4.00. The first-order valence-electron chi connectivity index (χ1n) is 5.51. The first kappa shape index (κ1) is 12.3. The number of carbonyl (C=O) groups excluding carboxylic acids is 2. The highest BCUT2D eigenvalue weighted by atomic mass is 16.5. The van der Waals surface area contributed by atoms with Gasteiger partial charge in [-0.25, -0.2) is 14.8 Å². The summed E-state index contributed by atoms with van der Waals surface area (Å²) in [5.41, 5.74) is 0.293. The van der Waals surface area contributed by atoms with Crippen molar-refractivity contribution < 1.29 is 14.3 Å². The van der Waals surface area contributed by atoms with Gasteiger partial charge in [0.1, 0.15) is 0 Å². The highest BCUT2D eigenvalue weighted by Gasteiger charge is 2.22. The Morgan fingerprint density at radius 3 is 2.56 bits per heavy atom. The molecule has 2 rings (SSSR count). The minimum atomic E-state index is -0.476. The van der Waals surface area contributed by atoms with E-state index in [2.05, 4.69) is 14.7 Å². The maximum Gasteiger partial charge on any atom is 0.341 e. The number of carbonyl (C=O) groups is 2.